The second kappa shape index (κ2) is 1.56. The highest BCUT2D eigenvalue weighted by molar-refractivity contribution is 5.74. The van der Waals surface area contributed by atoms with Crippen LogP contribution in [-0.2, 0) is 4.74 Å². The fourth-order valence-corrected chi connectivity index (χ4v) is 0.463. The molecule has 0 amide bonds. The summed E-state index contributed by atoms with van der Waals surface area (Å²) < 4.78 is 5.50. The van der Waals surface area contributed by atoms with E-state index in [2.05, 4.69) is 0 Å². The maximum atomic E-state index is 8.77. The number of hydrogen-bond acceptors (Lipinski definition) is 1. The molecule has 1 aliphatic heterocycles. The zero-order valence-electron chi connectivity index (χ0n) is 4.46. The number of aliphatic hydroxyl groups excluding tert-OH is 1. The summed E-state index contributed by atoms with van der Waals surface area (Å²) in [5.41, 5.74) is 0. The third-order valence-corrected chi connectivity index (χ3v) is 0.981. The molecule has 1 atom stereocenters. The molecular formula is C4H7N2O2-. The predicted molar refractivity (Wildman–Crippen MR) is 27.1 cm³/mol. The van der Waals surface area contributed by atoms with E-state index < -0.39 is 0 Å². The standard InChI is InChI=1S/C4H7N2O2/c1-3-4(7)6(5)2-8-3/h2-3,5,7H,1H3/q-1. The summed E-state index contributed by atoms with van der Waals surface area (Å²) in [6.45, 7) is 2.82. The third kappa shape index (κ3) is 0.586. The van der Waals surface area contributed by atoms with Crippen molar-refractivity contribution in [3.05, 3.63) is 12.6 Å². The molecule has 8 heavy (non-hydrogen) atoms. The molecule has 0 aliphatic carbocycles. The molecule has 0 aromatic rings. The van der Waals surface area contributed by atoms with E-state index in [-0.39, 0.29) is 12.0 Å². The Labute approximate surface area is 47.2 Å². The van der Waals surface area contributed by atoms with Crippen LogP contribution < -0.4 is 0 Å². The first kappa shape index (κ1) is 5.24. The van der Waals surface area contributed by atoms with Crippen LogP contribution in [0.3, 0.4) is 0 Å². The van der Waals surface area contributed by atoms with Gasteiger partial charge >= 0.3 is 0 Å². The molecule has 0 radical (unpaired) electrons. The summed E-state index contributed by atoms with van der Waals surface area (Å²) in [6.07, 6.45) is -0.354. The molecule has 0 aromatic carbocycles. The molecule has 0 spiro atoms. The quantitative estimate of drug-likeness (QED) is 0.368. The molecule has 1 rings (SSSR count). The topological polar surface area (TPSA) is 56.3 Å². The van der Waals surface area contributed by atoms with Crippen LogP contribution in [0.2, 0.25) is 0 Å². The lowest BCUT2D eigenvalue weighted by atomic mass is 10.4. The van der Waals surface area contributed by atoms with Gasteiger partial charge in [0.05, 0.1) is 6.10 Å². The average Bonchev–Trinajstić information content (AvgIpc) is 1.98. The lowest BCUT2D eigenvalue weighted by Crippen LogP contribution is -2.15. The molecule has 1 aliphatic rings. The summed E-state index contributed by atoms with van der Waals surface area (Å²) in [7, 11) is 0. The highest BCUT2D eigenvalue weighted by Gasteiger charge is 2.13. The Kier molecular flexibility index (Phi) is 1.02. The van der Waals surface area contributed by atoms with Crippen molar-refractivity contribution in [3.8, 4) is 0 Å². The molecule has 2 N–H and O–H groups in total. The van der Waals surface area contributed by atoms with Gasteiger partial charge in [0, 0.05) is 0 Å². The minimum absolute atomic E-state index is 0.0648. The van der Waals surface area contributed by atoms with Gasteiger partial charge in [-0.3, -0.25) is 0 Å². The average molecular weight is 115 g/mol. The van der Waals surface area contributed by atoms with Crippen LogP contribution in [0.15, 0.2) is 0 Å². The van der Waals surface area contributed by atoms with E-state index in [9.17, 15) is 0 Å². The fraction of sp³-hybridized carbons (Fsp3) is 0.500. The summed E-state index contributed by atoms with van der Waals surface area (Å²) in [6, 6.07) is 0. The molecule has 4 heteroatoms. The van der Waals surface area contributed by atoms with E-state index in [1.165, 1.54) is 0 Å². The minimum Gasteiger partial charge on any atom is -0.546 e. The number of nitrogens with zero attached hydrogens (tertiary/aromatic N) is 1. The molecule has 46 valence electrons. The second-order valence-electron chi connectivity index (χ2n) is 1.61. The molecule has 1 heterocycles. The van der Waals surface area contributed by atoms with Crippen LogP contribution >= 0.6 is 0 Å². The number of hydrogen-bond donors (Lipinski definition) is 1. The molecular weight excluding hydrogens is 108 g/mol. The lowest BCUT2D eigenvalue weighted by Gasteiger charge is -2.01. The number of aliphatic hydroxyl groups is 1. The third-order valence-electron chi connectivity index (χ3n) is 0.981. The summed E-state index contributed by atoms with van der Waals surface area (Å²) in [5, 5.41) is 8.77. The molecule has 0 aromatic heterocycles. The first-order valence-electron chi connectivity index (χ1n) is 2.27. The zero-order chi connectivity index (χ0) is 6.15. The highest BCUT2D eigenvalue weighted by Crippen LogP contribution is 2.04. The monoisotopic (exact) mass is 115 g/mol. The van der Waals surface area contributed by atoms with Gasteiger partial charge in [-0.25, -0.2) is 0 Å². The minimum atomic E-state index is -0.354. The van der Waals surface area contributed by atoms with E-state index in [0.717, 1.165) is 11.4 Å². The SMILES string of the molecule is CC1O[CH-][N+]([NH-])=C1O. The second-order valence-corrected chi connectivity index (χ2v) is 1.61. The van der Waals surface area contributed by atoms with Gasteiger partial charge in [0.1, 0.15) is 6.73 Å². The van der Waals surface area contributed by atoms with Crippen LogP contribution in [0.5, 0.6) is 0 Å². The number of nitrogens with one attached hydrogen (secondary N) is 1. The summed E-state index contributed by atoms with van der Waals surface area (Å²) in [5.74, 6) is 6.77. The lowest BCUT2D eigenvalue weighted by molar-refractivity contribution is -0.442. The molecule has 1 unspecified atom stereocenters. The van der Waals surface area contributed by atoms with Crippen molar-refractivity contribution in [3.63, 3.8) is 0 Å². The maximum Gasteiger partial charge on any atom is 0.214 e. The van der Waals surface area contributed by atoms with Gasteiger partial charge in [0.2, 0.25) is 5.90 Å². The Morgan fingerprint density at radius 2 is 2.62 bits per heavy atom. The number of ether oxygens (including phenoxy) is 1. The summed E-state index contributed by atoms with van der Waals surface area (Å²) >= 11 is 0. The van der Waals surface area contributed by atoms with Gasteiger partial charge in [-0.2, -0.15) is 0 Å². The van der Waals surface area contributed by atoms with Gasteiger partial charge in [-0.05, 0) is 6.92 Å². The number of rotatable bonds is 0. The molecule has 0 saturated carbocycles. The van der Waals surface area contributed by atoms with E-state index in [4.69, 9.17) is 15.7 Å². The van der Waals surface area contributed by atoms with Crippen LogP contribution in [0, 0.1) is 6.73 Å². The first-order chi connectivity index (χ1) is 3.72. The van der Waals surface area contributed by atoms with E-state index in [1.807, 2.05) is 0 Å². The predicted octanol–water partition coefficient (Wildman–Crippen LogP) is 0.461. The van der Waals surface area contributed by atoms with Gasteiger partial charge in [0.25, 0.3) is 0 Å². The van der Waals surface area contributed by atoms with Crippen LogP contribution in [-0.4, -0.2) is 21.8 Å². The van der Waals surface area contributed by atoms with E-state index in [0.29, 0.717) is 0 Å². The van der Waals surface area contributed by atoms with Gasteiger partial charge < -0.3 is 20.4 Å². The van der Waals surface area contributed by atoms with Crippen molar-refractivity contribution in [2.75, 3.05) is 0 Å². The van der Waals surface area contributed by atoms with Gasteiger partial charge in [-0.15, -0.1) is 0 Å². The molecule has 4 nitrogen and oxygen atoms in total. The highest BCUT2D eigenvalue weighted by atomic mass is 16.5. The van der Waals surface area contributed by atoms with Crippen molar-refractivity contribution in [2.45, 2.75) is 13.0 Å². The molecule has 0 fully saturated rings. The van der Waals surface area contributed by atoms with Gasteiger partial charge in [0.15, 0.2) is 0 Å². The van der Waals surface area contributed by atoms with Crippen molar-refractivity contribution < 1.29 is 14.5 Å². The Morgan fingerprint density at radius 3 is 2.75 bits per heavy atom. The normalized spacial score (nSPS) is 28.4. The molecule has 0 saturated heterocycles. The summed E-state index contributed by atoms with van der Waals surface area (Å²) in [4.78, 5) is 0. The van der Waals surface area contributed by atoms with Crippen molar-refractivity contribution >= 4 is 5.90 Å². The molecule has 0 bridgehead atoms. The Hall–Kier alpha value is -0.900. The Morgan fingerprint density at radius 1 is 2.00 bits per heavy atom. The first-order valence-corrected chi connectivity index (χ1v) is 2.27. The van der Waals surface area contributed by atoms with Crippen molar-refractivity contribution in [1.82, 2.24) is 0 Å². The van der Waals surface area contributed by atoms with E-state index >= 15 is 0 Å². The van der Waals surface area contributed by atoms with Gasteiger partial charge in [-0.1, -0.05) is 0 Å². The van der Waals surface area contributed by atoms with Crippen LogP contribution in [0.4, 0.5) is 0 Å². The Balaban J connectivity index is 2.71. The van der Waals surface area contributed by atoms with Crippen LogP contribution in [0.25, 0.3) is 5.84 Å². The smallest absolute Gasteiger partial charge is 0.214 e. The van der Waals surface area contributed by atoms with E-state index in [1.54, 1.807) is 6.92 Å². The Bertz CT molecular complexity index is 132. The fourth-order valence-electron chi connectivity index (χ4n) is 0.463. The van der Waals surface area contributed by atoms with Crippen molar-refractivity contribution in [2.24, 2.45) is 0 Å². The van der Waals surface area contributed by atoms with Crippen LogP contribution in [0.1, 0.15) is 6.92 Å². The maximum absolute atomic E-state index is 8.77. The largest absolute Gasteiger partial charge is 0.546 e. The zero-order valence-corrected chi connectivity index (χ0v) is 4.46. The van der Waals surface area contributed by atoms with Crippen molar-refractivity contribution in [1.29, 1.82) is 0 Å².